The van der Waals surface area contributed by atoms with E-state index in [1.54, 1.807) is 12.1 Å². The summed E-state index contributed by atoms with van der Waals surface area (Å²) >= 11 is 0. The molecular weight excluding hydrogens is 277 g/mol. The Labute approximate surface area is 121 Å². The van der Waals surface area contributed by atoms with Crippen LogP contribution in [0.15, 0.2) is 24.3 Å². The number of nitrogens with one attached hydrogen (secondary N) is 1. The molecule has 1 aliphatic rings. The minimum atomic E-state index is -0.464. The number of hydrogen-bond donors (Lipinski definition) is 1. The van der Waals surface area contributed by atoms with Crippen molar-refractivity contribution in [3.63, 3.8) is 0 Å². The molecule has 112 valence electrons. The molecule has 0 aliphatic carbocycles. The maximum Gasteiger partial charge on any atom is 0.327 e. The molecule has 0 atom stereocenters. The van der Waals surface area contributed by atoms with Gasteiger partial charge in [-0.1, -0.05) is 12.1 Å². The minimum absolute atomic E-state index is 0.00168. The lowest BCUT2D eigenvalue weighted by Crippen LogP contribution is -2.41. The van der Waals surface area contributed by atoms with E-state index in [1.807, 2.05) is 0 Å². The summed E-state index contributed by atoms with van der Waals surface area (Å²) in [6.45, 7) is 0.0869. The molecule has 1 saturated heterocycles. The molecular formula is C14H16FN3O3. The maximum absolute atomic E-state index is 12.7. The quantitative estimate of drug-likeness (QED) is 0.798. The van der Waals surface area contributed by atoms with E-state index in [9.17, 15) is 18.8 Å². The monoisotopic (exact) mass is 293 g/mol. The van der Waals surface area contributed by atoms with Crippen molar-refractivity contribution in [2.75, 3.05) is 26.7 Å². The first kappa shape index (κ1) is 15.0. The Morgan fingerprint density at radius 2 is 1.95 bits per heavy atom. The zero-order valence-corrected chi connectivity index (χ0v) is 11.6. The molecule has 21 heavy (non-hydrogen) atoms. The van der Waals surface area contributed by atoms with E-state index in [4.69, 9.17) is 0 Å². The van der Waals surface area contributed by atoms with Crippen LogP contribution < -0.4 is 5.32 Å². The van der Waals surface area contributed by atoms with Gasteiger partial charge in [0, 0.05) is 13.6 Å². The first-order valence-electron chi connectivity index (χ1n) is 6.54. The van der Waals surface area contributed by atoms with Gasteiger partial charge in [-0.3, -0.25) is 14.5 Å². The molecule has 7 heteroatoms. The first-order chi connectivity index (χ1) is 9.97. The van der Waals surface area contributed by atoms with E-state index in [0.29, 0.717) is 13.0 Å². The van der Waals surface area contributed by atoms with Crippen LogP contribution in [0.3, 0.4) is 0 Å². The smallest absolute Gasteiger partial charge is 0.327 e. The van der Waals surface area contributed by atoms with E-state index in [1.165, 1.54) is 24.1 Å². The highest BCUT2D eigenvalue weighted by molar-refractivity contribution is 6.04. The fourth-order valence-electron chi connectivity index (χ4n) is 2.02. The third-order valence-electron chi connectivity index (χ3n) is 3.18. The van der Waals surface area contributed by atoms with Crippen LogP contribution in [0.4, 0.5) is 9.18 Å². The number of hydrogen-bond acceptors (Lipinski definition) is 3. The molecule has 1 N–H and O–H groups in total. The predicted octanol–water partition coefficient (Wildman–Crippen LogP) is 0.378. The Morgan fingerprint density at radius 3 is 2.52 bits per heavy atom. The van der Waals surface area contributed by atoms with Gasteiger partial charge in [-0.05, 0) is 24.1 Å². The topological polar surface area (TPSA) is 69.7 Å². The van der Waals surface area contributed by atoms with Crippen molar-refractivity contribution in [2.24, 2.45) is 0 Å². The summed E-state index contributed by atoms with van der Waals surface area (Å²) in [5.74, 6) is -1.08. The molecule has 0 bridgehead atoms. The number of carbonyl (C=O) groups is 3. The van der Waals surface area contributed by atoms with Crippen molar-refractivity contribution in [1.29, 1.82) is 0 Å². The van der Waals surface area contributed by atoms with Gasteiger partial charge in [-0.25, -0.2) is 9.18 Å². The second kappa shape index (κ2) is 6.34. The Morgan fingerprint density at radius 1 is 1.29 bits per heavy atom. The number of amides is 4. The van der Waals surface area contributed by atoms with Crippen LogP contribution in [-0.2, 0) is 16.0 Å². The lowest BCUT2D eigenvalue weighted by molar-refractivity contribution is -0.130. The standard InChI is InChI=1S/C14H16FN3O3/c1-17-9-13(20)18(14(17)21)8-12(19)16-7-6-10-2-4-11(15)5-3-10/h2-5H,6-9H2,1H3,(H,16,19). The molecule has 2 rings (SSSR count). The van der Waals surface area contributed by atoms with Crippen molar-refractivity contribution < 1.29 is 18.8 Å². The van der Waals surface area contributed by atoms with E-state index in [2.05, 4.69) is 5.32 Å². The van der Waals surface area contributed by atoms with E-state index in [-0.39, 0.29) is 24.8 Å². The number of nitrogens with zero attached hydrogens (tertiary/aromatic N) is 2. The van der Waals surface area contributed by atoms with Gasteiger partial charge < -0.3 is 10.2 Å². The van der Waals surface area contributed by atoms with E-state index in [0.717, 1.165) is 10.5 Å². The van der Waals surface area contributed by atoms with Crippen LogP contribution >= 0.6 is 0 Å². The lowest BCUT2D eigenvalue weighted by atomic mass is 10.1. The van der Waals surface area contributed by atoms with Gasteiger partial charge in [-0.15, -0.1) is 0 Å². The van der Waals surface area contributed by atoms with Crippen LogP contribution in [0.25, 0.3) is 0 Å². The number of benzene rings is 1. The average Bonchev–Trinajstić information content (AvgIpc) is 2.68. The molecule has 6 nitrogen and oxygen atoms in total. The average molecular weight is 293 g/mol. The normalized spacial score (nSPS) is 14.8. The van der Waals surface area contributed by atoms with Gasteiger partial charge in [-0.2, -0.15) is 0 Å². The van der Waals surface area contributed by atoms with E-state index < -0.39 is 11.9 Å². The summed E-state index contributed by atoms with van der Waals surface area (Å²) in [6, 6.07) is 5.53. The molecule has 1 aromatic rings. The fourth-order valence-corrected chi connectivity index (χ4v) is 2.02. The van der Waals surface area contributed by atoms with Gasteiger partial charge in [0.15, 0.2) is 0 Å². The van der Waals surface area contributed by atoms with E-state index >= 15 is 0 Å². The van der Waals surface area contributed by atoms with Gasteiger partial charge in [0.2, 0.25) is 5.91 Å². The Kier molecular flexibility index (Phi) is 4.52. The third-order valence-corrected chi connectivity index (χ3v) is 3.18. The minimum Gasteiger partial charge on any atom is -0.354 e. The summed E-state index contributed by atoms with van der Waals surface area (Å²) < 4.78 is 12.7. The molecule has 0 spiro atoms. The first-order valence-corrected chi connectivity index (χ1v) is 6.54. The molecule has 1 heterocycles. The Balaban J connectivity index is 1.76. The largest absolute Gasteiger partial charge is 0.354 e. The van der Waals surface area contributed by atoms with Crippen LogP contribution in [-0.4, -0.2) is 54.3 Å². The highest BCUT2D eigenvalue weighted by Crippen LogP contribution is 2.07. The van der Waals surface area contributed by atoms with Crippen molar-refractivity contribution in [3.05, 3.63) is 35.6 Å². The Bertz CT molecular complexity index is 559. The summed E-state index contributed by atoms with van der Waals surface area (Å²) in [5.41, 5.74) is 0.893. The van der Waals surface area contributed by atoms with Crippen molar-refractivity contribution >= 4 is 17.8 Å². The maximum atomic E-state index is 12.7. The number of halogens is 1. The van der Waals surface area contributed by atoms with Crippen LogP contribution in [0.2, 0.25) is 0 Å². The molecule has 1 aromatic carbocycles. The van der Waals surface area contributed by atoms with Crippen LogP contribution in [0.1, 0.15) is 5.56 Å². The van der Waals surface area contributed by atoms with Gasteiger partial charge in [0.05, 0.1) is 0 Å². The highest BCUT2D eigenvalue weighted by Gasteiger charge is 2.34. The molecule has 0 radical (unpaired) electrons. The Hall–Kier alpha value is -2.44. The summed E-state index contributed by atoms with van der Waals surface area (Å²) in [7, 11) is 1.51. The number of carbonyl (C=O) groups excluding carboxylic acids is 3. The molecule has 0 aromatic heterocycles. The highest BCUT2D eigenvalue weighted by atomic mass is 19.1. The van der Waals surface area contributed by atoms with Gasteiger partial charge in [0.25, 0.3) is 5.91 Å². The number of rotatable bonds is 5. The lowest BCUT2D eigenvalue weighted by Gasteiger charge is -2.13. The number of likely N-dealkylation sites (N-methyl/N-ethyl adjacent to an activating group) is 1. The summed E-state index contributed by atoms with van der Waals surface area (Å²) in [5, 5.41) is 2.63. The molecule has 0 unspecified atom stereocenters. The van der Waals surface area contributed by atoms with Gasteiger partial charge in [0.1, 0.15) is 18.9 Å². The number of urea groups is 1. The predicted molar refractivity (Wildman–Crippen MR) is 72.9 cm³/mol. The SMILES string of the molecule is CN1CC(=O)N(CC(=O)NCCc2ccc(F)cc2)C1=O. The zero-order chi connectivity index (χ0) is 15.4. The summed E-state index contributed by atoms with van der Waals surface area (Å²) in [6.07, 6.45) is 0.549. The third kappa shape index (κ3) is 3.77. The second-order valence-corrected chi connectivity index (χ2v) is 4.84. The number of imide groups is 1. The van der Waals surface area contributed by atoms with Crippen molar-refractivity contribution in [2.45, 2.75) is 6.42 Å². The van der Waals surface area contributed by atoms with Crippen LogP contribution in [0, 0.1) is 5.82 Å². The molecule has 0 saturated carbocycles. The van der Waals surface area contributed by atoms with Gasteiger partial charge >= 0.3 is 6.03 Å². The summed E-state index contributed by atoms with van der Waals surface area (Å²) in [4.78, 5) is 37.0. The van der Waals surface area contributed by atoms with Crippen molar-refractivity contribution in [1.82, 2.24) is 15.1 Å². The second-order valence-electron chi connectivity index (χ2n) is 4.84. The fraction of sp³-hybridized carbons (Fsp3) is 0.357. The molecule has 4 amide bonds. The zero-order valence-electron chi connectivity index (χ0n) is 11.6. The van der Waals surface area contributed by atoms with Crippen molar-refractivity contribution in [3.8, 4) is 0 Å². The molecule has 1 fully saturated rings. The van der Waals surface area contributed by atoms with Crippen LogP contribution in [0.5, 0.6) is 0 Å². The molecule has 1 aliphatic heterocycles.